The first-order chi connectivity index (χ1) is 13.3. The number of ether oxygens (including phenoxy) is 3. The summed E-state index contributed by atoms with van der Waals surface area (Å²) >= 11 is 0. The number of benzene rings is 3. The second kappa shape index (κ2) is 7.41. The predicted molar refractivity (Wildman–Crippen MR) is 105 cm³/mol. The first kappa shape index (κ1) is 17.0. The van der Waals surface area contributed by atoms with Gasteiger partial charge in [-0.25, -0.2) is 4.98 Å². The molecule has 0 bridgehead atoms. The van der Waals surface area contributed by atoms with Crippen molar-refractivity contribution in [2.45, 2.75) is 6.61 Å². The fraction of sp³-hybridized carbons (Fsp3) is 0.136. The molecule has 0 saturated heterocycles. The molecule has 0 aliphatic carbocycles. The molecule has 0 aliphatic rings. The van der Waals surface area contributed by atoms with Crippen LogP contribution in [0.2, 0.25) is 0 Å². The lowest BCUT2D eigenvalue weighted by Gasteiger charge is -2.14. The average molecular weight is 360 g/mol. The van der Waals surface area contributed by atoms with E-state index in [1.54, 1.807) is 14.2 Å². The maximum Gasteiger partial charge on any atom is 0.172 e. The van der Waals surface area contributed by atoms with Crippen LogP contribution < -0.4 is 14.2 Å². The van der Waals surface area contributed by atoms with Crippen LogP contribution in [0, 0.1) is 0 Å². The molecule has 5 heteroatoms. The van der Waals surface area contributed by atoms with E-state index < -0.39 is 0 Å². The van der Waals surface area contributed by atoms with Crippen molar-refractivity contribution in [2.75, 3.05) is 14.2 Å². The largest absolute Gasteiger partial charge is 0.497 e. The monoisotopic (exact) mass is 360 g/mol. The minimum absolute atomic E-state index is 0.394. The minimum Gasteiger partial charge on any atom is -0.497 e. The maximum atomic E-state index is 6.15. The van der Waals surface area contributed by atoms with E-state index in [4.69, 9.17) is 19.2 Å². The van der Waals surface area contributed by atoms with Gasteiger partial charge in [-0.1, -0.05) is 30.3 Å². The second-order valence-electron chi connectivity index (χ2n) is 6.08. The molecule has 1 N–H and O–H groups in total. The molecule has 27 heavy (non-hydrogen) atoms. The molecule has 0 amide bonds. The normalized spacial score (nSPS) is 10.7. The zero-order valence-electron chi connectivity index (χ0n) is 15.2. The van der Waals surface area contributed by atoms with E-state index >= 15 is 0 Å². The molecular formula is C22H20N2O3. The number of nitrogens with zero attached hydrogens (tertiary/aromatic N) is 1. The molecule has 0 spiro atoms. The van der Waals surface area contributed by atoms with E-state index in [1.807, 2.05) is 66.7 Å². The lowest BCUT2D eigenvalue weighted by Crippen LogP contribution is -2.00. The number of methoxy groups -OCH3 is 2. The van der Waals surface area contributed by atoms with Crippen LogP contribution >= 0.6 is 0 Å². The van der Waals surface area contributed by atoms with Crippen molar-refractivity contribution in [3.8, 4) is 28.6 Å². The summed E-state index contributed by atoms with van der Waals surface area (Å²) in [6.07, 6.45) is 0. The Morgan fingerprint density at radius 1 is 0.889 bits per heavy atom. The van der Waals surface area contributed by atoms with Crippen molar-refractivity contribution in [3.05, 3.63) is 72.3 Å². The number of hydrogen-bond acceptors (Lipinski definition) is 4. The first-order valence-electron chi connectivity index (χ1n) is 8.66. The number of rotatable bonds is 6. The molecular weight excluding hydrogens is 340 g/mol. The Morgan fingerprint density at radius 3 is 2.56 bits per heavy atom. The SMILES string of the molecule is COc1cccc(COc2c(OC)cccc2-c2nc3ccccc3[nH]2)c1. The molecule has 1 aromatic heterocycles. The van der Waals surface area contributed by atoms with Crippen LogP contribution in [0.25, 0.3) is 22.4 Å². The third kappa shape index (κ3) is 3.44. The zero-order chi connectivity index (χ0) is 18.6. The minimum atomic E-state index is 0.394. The number of aromatic amines is 1. The number of para-hydroxylation sites is 3. The molecule has 0 atom stereocenters. The van der Waals surface area contributed by atoms with Gasteiger partial charge in [0.05, 0.1) is 30.8 Å². The summed E-state index contributed by atoms with van der Waals surface area (Å²) in [6.45, 7) is 0.394. The molecule has 4 rings (SSSR count). The number of imidazole rings is 1. The number of fused-ring (bicyclic) bond motifs is 1. The third-order valence-electron chi connectivity index (χ3n) is 4.36. The van der Waals surface area contributed by atoms with Gasteiger partial charge >= 0.3 is 0 Å². The van der Waals surface area contributed by atoms with Crippen LogP contribution in [0.3, 0.4) is 0 Å². The van der Waals surface area contributed by atoms with Crippen molar-refractivity contribution in [1.29, 1.82) is 0 Å². The van der Waals surface area contributed by atoms with Gasteiger partial charge in [-0.15, -0.1) is 0 Å². The summed E-state index contributed by atoms with van der Waals surface area (Å²) in [4.78, 5) is 8.04. The summed E-state index contributed by atoms with van der Waals surface area (Å²) in [7, 11) is 3.29. The molecule has 0 fully saturated rings. The Balaban J connectivity index is 1.70. The molecule has 0 aliphatic heterocycles. The van der Waals surface area contributed by atoms with Gasteiger partial charge in [0.1, 0.15) is 18.2 Å². The highest BCUT2D eigenvalue weighted by molar-refractivity contribution is 5.81. The highest BCUT2D eigenvalue weighted by Crippen LogP contribution is 2.38. The quantitative estimate of drug-likeness (QED) is 0.535. The highest BCUT2D eigenvalue weighted by Gasteiger charge is 2.16. The Labute approximate surface area is 157 Å². The zero-order valence-corrected chi connectivity index (χ0v) is 15.2. The summed E-state index contributed by atoms with van der Waals surface area (Å²) < 4.78 is 17.0. The van der Waals surface area contributed by atoms with Crippen molar-refractivity contribution < 1.29 is 14.2 Å². The molecule has 4 aromatic rings. The lowest BCUT2D eigenvalue weighted by atomic mass is 10.1. The van der Waals surface area contributed by atoms with Crippen molar-refractivity contribution in [3.63, 3.8) is 0 Å². The Bertz CT molecular complexity index is 1040. The van der Waals surface area contributed by atoms with Crippen LogP contribution in [0.4, 0.5) is 0 Å². The molecule has 0 saturated carbocycles. The van der Waals surface area contributed by atoms with Crippen molar-refractivity contribution in [2.24, 2.45) is 0 Å². The number of hydrogen-bond donors (Lipinski definition) is 1. The standard InChI is InChI=1S/C22H20N2O3/c1-25-16-8-5-7-15(13-16)14-27-21-17(9-6-12-20(21)26-2)22-23-18-10-3-4-11-19(18)24-22/h3-13H,14H2,1-2H3,(H,23,24). The van der Waals surface area contributed by atoms with Crippen molar-refractivity contribution >= 4 is 11.0 Å². The first-order valence-corrected chi connectivity index (χ1v) is 8.66. The highest BCUT2D eigenvalue weighted by atomic mass is 16.5. The van der Waals surface area contributed by atoms with E-state index in [2.05, 4.69) is 4.98 Å². The van der Waals surface area contributed by atoms with Gasteiger partial charge in [0, 0.05) is 0 Å². The van der Waals surface area contributed by atoms with Crippen LogP contribution in [0.1, 0.15) is 5.56 Å². The molecule has 0 radical (unpaired) electrons. The molecule has 1 heterocycles. The van der Waals surface area contributed by atoms with E-state index in [0.717, 1.165) is 33.7 Å². The summed E-state index contributed by atoms with van der Waals surface area (Å²) in [6, 6.07) is 21.5. The Morgan fingerprint density at radius 2 is 1.74 bits per heavy atom. The summed E-state index contributed by atoms with van der Waals surface area (Å²) in [5.41, 5.74) is 3.76. The van der Waals surface area contributed by atoms with E-state index in [9.17, 15) is 0 Å². The average Bonchev–Trinajstić information content (AvgIpc) is 3.16. The predicted octanol–water partition coefficient (Wildman–Crippen LogP) is 4.83. The fourth-order valence-electron chi connectivity index (χ4n) is 3.01. The Kier molecular flexibility index (Phi) is 4.66. The Hall–Kier alpha value is -3.47. The van der Waals surface area contributed by atoms with Crippen LogP contribution in [-0.2, 0) is 6.61 Å². The second-order valence-corrected chi connectivity index (χ2v) is 6.08. The maximum absolute atomic E-state index is 6.15. The van der Waals surface area contributed by atoms with Crippen molar-refractivity contribution in [1.82, 2.24) is 9.97 Å². The van der Waals surface area contributed by atoms with E-state index in [0.29, 0.717) is 18.1 Å². The third-order valence-corrected chi connectivity index (χ3v) is 4.36. The van der Waals surface area contributed by atoms with Gasteiger partial charge in [0.2, 0.25) is 0 Å². The van der Waals surface area contributed by atoms with E-state index in [-0.39, 0.29) is 0 Å². The summed E-state index contributed by atoms with van der Waals surface area (Å²) in [5.74, 6) is 2.86. The van der Waals surface area contributed by atoms with Crippen LogP contribution in [0.15, 0.2) is 66.7 Å². The topological polar surface area (TPSA) is 56.4 Å². The number of nitrogens with one attached hydrogen (secondary N) is 1. The van der Waals surface area contributed by atoms with Crippen LogP contribution in [-0.4, -0.2) is 24.2 Å². The number of H-pyrrole nitrogens is 1. The lowest BCUT2D eigenvalue weighted by molar-refractivity contribution is 0.285. The van der Waals surface area contributed by atoms with Gasteiger partial charge in [0.15, 0.2) is 11.5 Å². The van der Waals surface area contributed by atoms with Gasteiger partial charge in [-0.2, -0.15) is 0 Å². The smallest absolute Gasteiger partial charge is 0.172 e. The molecule has 3 aromatic carbocycles. The van der Waals surface area contributed by atoms with Gasteiger partial charge in [-0.3, -0.25) is 0 Å². The van der Waals surface area contributed by atoms with Gasteiger partial charge in [-0.05, 0) is 42.0 Å². The molecule has 136 valence electrons. The molecule has 5 nitrogen and oxygen atoms in total. The fourth-order valence-corrected chi connectivity index (χ4v) is 3.01. The van der Waals surface area contributed by atoms with Gasteiger partial charge in [0.25, 0.3) is 0 Å². The molecule has 0 unspecified atom stereocenters. The summed E-state index contributed by atoms with van der Waals surface area (Å²) in [5, 5.41) is 0. The van der Waals surface area contributed by atoms with E-state index in [1.165, 1.54) is 0 Å². The van der Waals surface area contributed by atoms with Crippen LogP contribution in [0.5, 0.6) is 17.2 Å². The van der Waals surface area contributed by atoms with Gasteiger partial charge < -0.3 is 19.2 Å². The number of aromatic nitrogens is 2.